The predicted molar refractivity (Wildman–Crippen MR) is 99.1 cm³/mol. The van der Waals surface area contributed by atoms with Crippen molar-refractivity contribution in [1.29, 1.82) is 0 Å². The minimum atomic E-state index is -0.522. The van der Waals surface area contributed by atoms with Crippen molar-refractivity contribution in [3.8, 4) is 11.5 Å². The number of methoxy groups -OCH3 is 1. The van der Waals surface area contributed by atoms with E-state index in [0.717, 1.165) is 0 Å². The summed E-state index contributed by atoms with van der Waals surface area (Å²) in [5, 5.41) is 0.381. The van der Waals surface area contributed by atoms with Crippen LogP contribution in [0.1, 0.15) is 31.1 Å². The maximum absolute atomic E-state index is 12.9. The third-order valence-electron chi connectivity index (χ3n) is 3.58. The van der Waals surface area contributed by atoms with Crippen molar-refractivity contribution in [3.63, 3.8) is 0 Å². The summed E-state index contributed by atoms with van der Waals surface area (Å²) in [6, 6.07) is 9.19. The fraction of sp³-hybridized carbons (Fsp3) is 0.250. The standard InChI is InChI=1S/C20H20ClFO4/c1-4-25-18-12-14(11-17(21)20(18)24-3)5-10-19(23)26-13(2)15-6-8-16(22)9-7-15/h5-13H,4H2,1-3H3/b10-5+/t13-/m0/s1. The molecule has 1 atom stereocenters. The fourth-order valence-corrected chi connectivity index (χ4v) is 2.62. The van der Waals surface area contributed by atoms with Gasteiger partial charge in [-0.15, -0.1) is 0 Å². The van der Waals surface area contributed by atoms with Gasteiger partial charge in [0.2, 0.25) is 0 Å². The van der Waals surface area contributed by atoms with Crippen LogP contribution in [-0.2, 0) is 9.53 Å². The van der Waals surface area contributed by atoms with Gasteiger partial charge in [-0.25, -0.2) is 9.18 Å². The molecular weight excluding hydrogens is 359 g/mol. The summed E-state index contributed by atoms with van der Waals surface area (Å²) < 4.78 is 29.0. The Morgan fingerprint density at radius 1 is 1.27 bits per heavy atom. The highest BCUT2D eigenvalue weighted by molar-refractivity contribution is 6.32. The van der Waals surface area contributed by atoms with E-state index in [-0.39, 0.29) is 5.82 Å². The fourth-order valence-electron chi connectivity index (χ4n) is 2.32. The largest absolute Gasteiger partial charge is 0.491 e. The first-order chi connectivity index (χ1) is 12.4. The van der Waals surface area contributed by atoms with Crippen LogP contribution >= 0.6 is 11.6 Å². The topological polar surface area (TPSA) is 44.8 Å². The van der Waals surface area contributed by atoms with E-state index >= 15 is 0 Å². The predicted octanol–water partition coefficient (Wildman–Crippen LogP) is 5.20. The van der Waals surface area contributed by atoms with Crippen LogP contribution < -0.4 is 9.47 Å². The van der Waals surface area contributed by atoms with Crippen molar-refractivity contribution in [2.24, 2.45) is 0 Å². The summed E-state index contributed by atoms with van der Waals surface area (Å²) in [4.78, 5) is 12.0. The Balaban J connectivity index is 2.08. The maximum atomic E-state index is 12.9. The first kappa shape index (κ1) is 19.8. The Morgan fingerprint density at radius 2 is 1.96 bits per heavy atom. The number of carbonyl (C=O) groups is 1. The van der Waals surface area contributed by atoms with Gasteiger partial charge in [0.1, 0.15) is 11.9 Å². The van der Waals surface area contributed by atoms with Gasteiger partial charge < -0.3 is 14.2 Å². The lowest BCUT2D eigenvalue weighted by atomic mass is 10.1. The zero-order valence-electron chi connectivity index (χ0n) is 14.8. The minimum Gasteiger partial charge on any atom is -0.491 e. The average Bonchev–Trinajstić information content (AvgIpc) is 2.60. The SMILES string of the molecule is CCOc1cc(/C=C/C(=O)O[C@@H](C)c2ccc(F)cc2)cc(Cl)c1OC. The first-order valence-electron chi connectivity index (χ1n) is 8.09. The molecule has 6 heteroatoms. The van der Waals surface area contributed by atoms with Crippen LogP contribution in [-0.4, -0.2) is 19.7 Å². The van der Waals surface area contributed by atoms with E-state index in [2.05, 4.69) is 0 Å². The molecule has 0 bridgehead atoms. The molecule has 2 aromatic rings. The molecule has 2 aromatic carbocycles. The summed E-state index contributed by atoms with van der Waals surface area (Å²) in [5.41, 5.74) is 1.38. The molecule has 26 heavy (non-hydrogen) atoms. The first-order valence-corrected chi connectivity index (χ1v) is 8.46. The number of benzene rings is 2. The van der Waals surface area contributed by atoms with E-state index < -0.39 is 12.1 Å². The third-order valence-corrected chi connectivity index (χ3v) is 3.86. The molecule has 0 radical (unpaired) electrons. The van der Waals surface area contributed by atoms with E-state index in [0.29, 0.717) is 34.3 Å². The normalized spacial score (nSPS) is 12.0. The lowest BCUT2D eigenvalue weighted by Gasteiger charge is -2.13. The second-order valence-corrected chi connectivity index (χ2v) is 5.84. The van der Waals surface area contributed by atoms with E-state index in [9.17, 15) is 9.18 Å². The van der Waals surface area contributed by atoms with Crippen molar-refractivity contribution in [2.75, 3.05) is 13.7 Å². The lowest BCUT2D eigenvalue weighted by Crippen LogP contribution is -2.06. The molecule has 4 nitrogen and oxygen atoms in total. The smallest absolute Gasteiger partial charge is 0.331 e. The number of hydrogen-bond acceptors (Lipinski definition) is 4. The number of halogens is 2. The quantitative estimate of drug-likeness (QED) is 0.490. The molecule has 0 unspecified atom stereocenters. The summed E-state index contributed by atoms with van der Waals surface area (Å²) in [6.45, 7) is 4.03. The molecule has 0 aliphatic rings. The number of rotatable bonds is 7. The minimum absolute atomic E-state index is 0.339. The molecule has 0 saturated carbocycles. The zero-order chi connectivity index (χ0) is 19.1. The summed E-state index contributed by atoms with van der Waals surface area (Å²) >= 11 is 6.18. The van der Waals surface area contributed by atoms with Gasteiger partial charge in [-0.05, 0) is 55.3 Å². The van der Waals surface area contributed by atoms with Gasteiger partial charge in [-0.1, -0.05) is 23.7 Å². The van der Waals surface area contributed by atoms with Crippen molar-refractivity contribution < 1.29 is 23.4 Å². The monoisotopic (exact) mass is 378 g/mol. The zero-order valence-corrected chi connectivity index (χ0v) is 15.5. The van der Waals surface area contributed by atoms with Crippen molar-refractivity contribution >= 4 is 23.6 Å². The second-order valence-electron chi connectivity index (χ2n) is 5.43. The van der Waals surface area contributed by atoms with Gasteiger partial charge in [0.15, 0.2) is 11.5 Å². The maximum Gasteiger partial charge on any atom is 0.331 e. The van der Waals surface area contributed by atoms with Crippen molar-refractivity contribution in [2.45, 2.75) is 20.0 Å². The molecule has 138 valence electrons. The van der Waals surface area contributed by atoms with Crippen LogP contribution in [0.15, 0.2) is 42.5 Å². The van der Waals surface area contributed by atoms with Gasteiger partial charge >= 0.3 is 5.97 Å². The van der Waals surface area contributed by atoms with Gasteiger partial charge in [-0.2, -0.15) is 0 Å². The lowest BCUT2D eigenvalue weighted by molar-refractivity contribution is -0.142. The van der Waals surface area contributed by atoms with Gasteiger partial charge in [0.05, 0.1) is 18.7 Å². The average molecular weight is 379 g/mol. The van der Waals surface area contributed by atoms with E-state index in [4.69, 9.17) is 25.8 Å². The highest BCUT2D eigenvalue weighted by Gasteiger charge is 2.12. The highest BCUT2D eigenvalue weighted by Crippen LogP contribution is 2.36. The summed E-state index contributed by atoms with van der Waals surface area (Å²) in [6.07, 6.45) is 2.38. The molecule has 0 aliphatic carbocycles. The van der Waals surface area contributed by atoms with Crippen LogP contribution in [0.2, 0.25) is 5.02 Å². The van der Waals surface area contributed by atoms with Crippen LogP contribution in [0, 0.1) is 5.82 Å². The Morgan fingerprint density at radius 3 is 2.58 bits per heavy atom. The number of ether oxygens (including phenoxy) is 3. The number of esters is 1. The highest BCUT2D eigenvalue weighted by atomic mass is 35.5. The molecule has 0 amide bonds. The van der Waals surface area contributed by atoms with Crippen LogP contribution in [0.3, 0.4) is 0 Å². The van der Waals surface area contributed by atoms with E-state index in [1.165, 1.54) is 25.3 Å². The van der Waals surface area contributed by atoms with E-state index in [1.807, 2.05) is 6.92 Å². The van der Waals surface area contributed by atoms with E-state index in [1.54, 1.807) is 37.3 Å². The molecule has 0 saturated heterocycles. The van der Waals surface area contributed by atoms with Crippen LogP contribution in [0.4, 0.5) is 4.39 Å². The van der Waals surface area contributed by atoms with Crippen LogP contribution in [0.25, 0.3) is 6.08 Å². The Hall–Kier alpha value is -2.53. The molecule has 0 N–H and O–H groups in total. The van der Waals surface area contributed by atoms with Crippen molar-refractivity contribution in [1.82, 2.24) is 0 Å². The van der Waals surface area contributed by atoms with Crippen molar-refractivity contribution in [3.05, 3.63) is 64.4 Å². The van der Waals surface area contributed by atoms with Gasteiger partial charge in [0.25, 0.3) is 0 Å². The number of carbonyl (C=O) groups excluding carboxylic acids is 1. The number of hydrogen-bond donors (Lipinski definition) is 0. The molecule has 0 aromatic heterocycles. The Labute approximate surface area is 157 Å². The summed E-state index contributed by atoms with van der Waals surface area (Å²) in [5.74, 6) is 0.0776. The third kappa shape index (κ3) is 5.23. The molecular formula is C20H20ClFO4. The Bertz CT molecular complexity index is 787. The Kier molecular flexibility index (Phi) is 7.04. The van der Waals surface area contributed by atoms with Gasteiger partial charge in [0, 0.05) is 6.08 Å². The van der Waals surface area contributed by atoms with Crippen LogP contribution in [0.5, 0.6) is 11.5 Å². The molecule has 2 rings (SSSR count). The molecule has 0 aliphatic heterocycles. The molecule has 0 fully saturated rings. The molecule has 0 heterocycles. The second kappa shape index (κ2) is 9.25. The molecule has 0 spiro atoms. The van der Waals surface area contributed by atoms with Gasteiger partial charge in [-0.3, -0.25) is 0 Å². The summed E-state index contributed by atoms with van der Waals surface area (Å²) in [7, 11) is 1.51.